The van der Waals surface area contributed by atoms with E-state index in [1.165, 1.54) is 0 Å². The molecule has 0 atom stereocenters. The number of hydrogen-bond donors (Lipinski definition) is 1. The van der Waals surface area contributed by atoms with E-state index in [9.17, 15) is 0 Å². The average molecular weight is 132 g/mol. The zero-order valence-corrected chi connectivity index (χ0v) is 5.38. The molecule has 9 heavy (non-hydrogen) atoms. The van der Waals surface area contributed by atoms with Crippen molar-refractivity contribution in [1.29, 1.82) is 0 Å². The minimum Gasteiger partial charge on any atom is -0.393 e. The minimum absolute atomic E-state index is 0.231. The lowest BCUT2D eigenvalue weighted by molar-refractivity contribution is -0.0857. The van der Waals surface area contributed by atoms with Crippen molar-refractivity contribution in [3.8, 4) is 0 Å². The maximum Gasteiger partial charge on any atom is 0.146 e. The predicted molar refractivity (Wildman–Crippen MR) is 32.0 cm³/mol. The fourth-order valence-corrected chi connectivity index (χ4v) is 0.760. The summed E-state index contributed by atoms with van der Waals surface area (Å²) >= 11 is 0. The van der Waals surface area contributed by atoms with E-state index in [1.54, 1.807) is 0 Å². The van der Waals surface area contributed by atoms with Crippen LogP contribution in [-0.2, 0) is 9.47 Å². The van der Waals surface area contributed by atoms with E-state index in [0.29, 0.717) is 20.0 Å². The Labute approximate surface area is 54.6 Å². The van der Waals surface area contributed by atoms with Gasteiger partial charge in [-0.15, -0.1) is 0 Å². The summed E-state index contributed by atoms with van der Waals surface area (Å²) in [6.45, 7) is 1.61. The van der Waals surface area contributed by atoms with Crippen LogP contribution in [0.4, 0.5) is 0 Å². The molecule has 0 unspecified atom stereocenters. The highest BCUT2D eigenvalue weighted by Crippen LogP contribution is 2.01. The van der Waals surface area contributed by atoms with Crippen LogP contribution in [0.15, 0.2) is 0 Å². The summed E-state index contributed by atoms with van der Waals surface area (Å²) in [5, 5.41) is 9.05. The molecule has 3 nitrogen and oxygen atoms in total. The van der Waals surface area contributed by atoms with E-state index in [1.807, 2.05) is 0 Å². The molecule has 0 bridgehead atoms. The molecule has 1 fully saturated rings. The largest absolute Gasteiger partial charge is 0.393 e. The normalized spacial score (nSPS) is 25.0. The lowest BCUT2D eigenvalue weighted by atomic mass is 10.2. The molecule has 54 valence electrons. The molecule has 1 heterocycles. The van der Waals surface area contributed by atoms with E-state index >= 15 is 0 Å². The van der Waals surface area contributed by atoms with Crippen molar-refractivity contribution >= 4 is 0 Å². The number of ether oxygens (including phenoxy) is 2. The molecular formula is C6H12O3. The zero-order chi connectivity index (χ0) is 6.53. The van der Waals surface area contributed by atoms with E-state index in [0.717, 1.165) is 12.8 Å². The van der Waals surface area contributed by atoms with Crippen molar-refractivity contribution in [3.05, 3.63) is 0 Å². The Morgan fingerprint density at radius 3 is 2.22 bits per heavy atom. The monoisotopic (exact) mass is 132 g/mol. The van der Waals surface area contributed by atoms with Gasteiger partial charge < -0.3 is 14.6 Å². The number of hydrogen-bond acceptors (Lipinski definition) is 3. The minimum atomic E-state index is -0.231. The fraction of sp³-hybridized carbons (Fsp3) is 1.00. The number of aliphatic hydroxyl groups is 1. The number of aliphatic hydroxyl groups excluding tert-OH is 1. The Hall–Kier alpha value is -0.120. The van der Waals surface area contributed by atoms with E-state index in [2.05, 4.69) is 0 Å². The van der Waals surface area contributed by atoms with Gasteiger partial charge in [-0.3, -0.25) is 0 Å². The molecule has 1 aliphatic heterocycles. The molecule has 0 aliphatic carbocycles. The van der Waals surface area contributed by atoms with Gasteiger partial charge in [-0.2, -0.15) is 0 Å². The first-order valence-corrected chi connectivity index (χ1v) is 3.23. The van der Waals surface area contributed by atoms with Crippen molar-refractivity contribution in [1.82, 2.24) is 0 Å². The van der Waals surface area contributed by atoms with Crippen LogP contribution in [0.2, 0.25) is 0 Å². The second kappa shape index (κ2) is 3.82. The Morgan fingerprint density at radius 1 is 1.11 bits per heavy atom. The Bertz CT molecular complexity index is 66.7. The van der Waals surface area contributed by atoms with Crippen LogP contribution in [0.1, 0.15) is 12.8 Å². The van der Waals surface area contributed by atoms with Gasteiger partial charge in [-0.25, -0.2) is 0 Å². The summed E-state index contributed by atoms with van der Waals surface area (Å²) in [6.07, 6.45) is 1.25. The maximum absolute atomic E-state index is 9.05. The topological polar surface area (TPSA) is 38.7 Å². The van der Waals surface area contributed by atoms with Crippen molar-refractivity contribution in [3.63, 3.8) is 0 Å². The quantitative estimate of drug-likeness (QED) is 0.509. The van der Waals surface area contributed by atoms with Crippen molar-refractivity contribution in [2.75, 3.05) is 20.0 Å². The smallest absolute Gasteiger partial charge is 0.146 e. The molecule has 0 aromatic rings. The Morgan fingerprint density at radius 2 is 1.67 bits per heavy atom. The van der Waals surface area contributed by atoms with Gasteiger partial charge in [0.15, 0.2) is 0 Å². The van der Waals surface area contributed by atoms with Crippen LogP contribution in [0.3, 0.4) is 0 Å². The summed E-state index contributed by atoms with van der Waals surface area (Å²) in [5.41, 5.74) is 0. The highest BCUT2D eigenvalue weighted by molar-refractivity contribution is 4.54. The fourth-order valence-electron chi connectivity index (χ4n) is 0.760. The number of rotatable bonds is 0. The molecule has 0 amide bonds. The van der Waals surface area contributed by atoms with Gasteiger partial charge in [-0.1, -0.05) is 0 Å². The predicted octanol–water partition coefficient (Wildman–Crippen LogP) is 0.132. The van der Waals surface area contributed by atoms with Gasteiger partial charge in [0.05, 0.1) is 19.3 Å². The van der Waals surface area contributed by atoms with Gasteiger partial charge in [0.25, 0.3) is 0 Å². The third kappa shape index (κ3) is 2.79. The van der Waals surface area contributed by atoms with E-state index in [-0.39, 0.29) is 6.10 Å². The molecule has 0 aromatic carbocycles. The van der Waals surface area contributed by atoms with Gasteiger partial charge in [-0.05, 0) is 12.8 Å². The van der Waals surface area contributed by atoms with Crippen LogP contribution in [0.25, 0.3) is 0 Å². The van der Waals surface area contributed by atoms with Gasteiger partial charge in [0, 0.05) is 0 Å². The van der Waals surface area contributed by atoms with Crippen molar-refractivity contribution in [2.45, 2.75) is 18.9 Å². The molecule has 1 N–H and O–H groups in total. The van der Waals surface area contributed by atoms with E-state index < -0.39 is 0 Å². The first-order chi connectivity index (χ1) is 4.39. The van der Waals surface area contributed by atoms with Crippen LogP contribution >= 0.6 is 0 Å². The molecule has 0 radical (unpaired) electrons. The second-order valence-corrected chi connectivity index (χ2v) is 2.17. The molecule has 1 saturated heterocycles. The first kappa shape index (κ1) is 6.99. The standard InChI is InChI=1S/C6H12O3/c7-6-1-3-8-5-9-4-2-6/h6-7H,1-5H2. The summed E-state index contributed by atoms with van der Waals surface area (Å²) in [5.74, 6) is 0. The lowest BCUT2D eigenvalue weighted by Gasteiger charge is -2.14. The average Bonchev–Trinajstić information content (AvgIpc) is 1.79. The summed E-state index contributed by atoms with van der Waals surface area (Å²) in [7, 11) is 0. The molecule has 0 spiro atoms. The molecular weight excluding hydrogens is 120 g/mol. The maximum atomic E-state index is 9.05. The molecule has 1 rings (SSSR count). The van der Waals surface area contributed by atoms with Crippen LogP contribution in [0, 0.1) is 0 Å². The molecule has 1 aliphatic rings. The third-order valence-corrected chi connectivity index (χ3v) is 1.36. The third-order valence-electron chi connectivity index (χ3n) is 1.36. The van der Waals surface area contributed by atoms with Crippen LogP contribution in [0.5, 0.6) is 0 Å². The zero-order valence-electron chi connectivity index (χ0n) is 5.38. The van der Waals surface area contributed by atoms with Crippen molar-refractivity contribution in [2.24, 2.45) is 0 Å². The highest BCUT2D eigenvalue weighted by atomic mass is 16.7. The molecule has 0 aromatic heterocycles. The second-order valence-electron chi connectivity index (χ2n) is 2.17. The van der Waals surface area contributed by atoms with Crippen LogP contribution < -0.4 is 0 Å². The lowest BCUT2D eigenvalue weighted by Crippen LogP contribution is -2.18. The van der Waals surface area contributed by atoms with E-state index in [4.69, 9.17) is 14.6 Å². The molecule has 0 saturated carbocycles. The highest BCUT2D eigenvalue weighted by Gasteiger charge is 2.06. The summed E-state index contributed by atoms with van der Waals surface area (Å²) in [4.78, 5) is 0. The van der Waals surface area contributed by atoms with Gasteiger partial charge in [0.1, 0.15) is 6.79 Å². The Balaban J connectivity index is 2.12. The summed E-state index contributed by atoms with van der Waals surface area (Å²) < 4.78 is 9.93. The first-order valence-electron chi connectivity index (χ1n) is 3.23. The van der Waals surface area contributed by atoms with Gasteiger partial charge >= 0.3 is 0 Å². The van der Waals surface area contributed by atoms with Crippen LogP contribution in [-0.4, -0.2) is 31.2 Å². The van der Waals surface area contributed by atoms with Crippen molar-refractivity contribution < 1.29 is 14.6 Å². The Kier molecular flexibility index (Phi) is 2.97. The SMILES string of the molecule is OC1CCOCOCC1. The summed E-state index contributed by atoms with van der Waals surface area (Å²) in [6, 6.07) is 0. The van der Waals surface area contributed by atoms with Gasteiger partial charge in [0.2, 0.25) is 0 Å². The molecule has 3 heteroatoms.